The largest absolute Gasteiger partial charge is 0.486 e. The average Bonchev–Trinajstić information content (AvgIpc) is 3.27. The monoisotopic (exact) mass is 372 g/mol. The molecule has 1 aromatic heterocycles. The third-order valence-electron chi connectivity index (χ3n) is 4.91. The predicted molar refractivity (Wildman–Crippen MR) is 93.5 cm³/mol. The van der Waals surface area contributed by atoms with Gasteiger partial charge in [-0.05, 0) is 42.7 Å². The van der Waals surface area contributed by atoms with Crippen LogP contribution in [0.5, 0.6) is 11.5 Å². The maximum Gasteiger partial charge on any atom is 0.305 e. The SMILES string of the molecule is O=C(NNC(=O)C1(c2ccc3c(c2)OCCO3)CCOCC1)c1ccco1. The van der Waals surface area contributed by atoms with Crippen molar-refractivity contribution in [2.24, 2.45) is 0 Å². The number of furan rings is 1. The van der Waals surface area contributed by atoms with Crippen LogP contribution in [0.25, 0.3) is 0 Å². The van der Waals surface area contributed by atoms with Crippen LogP contribution in [0.1, 0.15) is 29.0 Å². The van der Waals surface area contributed by atoms with Gasteiger partial charge in [0.25, 0.3) is 0 Å². The molecule has 0 spiro atoms. The Hall–Kier alpha value is -3.00. The molecule has 0 saturated carbocycles. The molecular weight excluding hydrogens is 352 g/mol. The highest BCUT2D eigenvalue weighted by molar-refractivity contribution is 5.95. The van der Waals surface area contributed by atoms with Crippen molar-refractivity contribution in [2.75, 3.05) is 26.4 Å². The molecule has 2 N–H and O–H groups in total. The van der Waals surface area contributed by atoms with Crippen molar-refractivity contribution in [2.45, 2.75) is 18.3 Å². The molecule has 27 heavy (non-hydrogen) atoms. The number of carbonyl (C=O) groups excluding carboxylic acids is 2. The van der Waals surface area contributed by atoms with E-state index in [1.807, 2.05) is 18.2 Å². The molecule has 2 aliphatic heterocycles. The van der Waals surface area contributed by atoms with E-state index in [9.17, 15) is 9.59 Å². The lowest BCUT2D eigenvalue weighted by Crippen LogP contribution is -2.53. The summed E-state index contributed by atoms with van der Waals surface area (Å²) in [4.78, 5) is 25.1. The Bertz CT molecular complexity index is 827. The number of hydrogen-bond acceptors (Lipinski definition) is 6. The van der Waals surface area contributed by atoms with Crippen LogP contribution in [0.15, 0.2) is 41.0 Å². The minimum Gasteiger partial charge on any atom is -0.486 e. The van der Waals surface area contributed by atoms with Gasteiger partial charge in [-0.2, -0.15) is 0 Å². The Morgan fingerprint density at radius 2 is 1.70 bits per heavy atom. The molecule has 8 heteroatoms. The number of rotatable bonds is 3. The second-order valence-electron chi connectivity index (χ2n) is 6.44. The van der Waals surface area contributed by atoms with Crippen LogP contribution in [-0.2, 0) is 14.9 Å². The Kier molecular flexibility index (Phi) is 4.72. The van der Waals surface area contributed by atoms with Gasteiger partial charge in [0.05, 0.1) is 11.7 Å². The van der Waals surface area contributed by atoms with Crippen molar-refractivity contribution in [3.05, 3.63) is 47.9 Å². The van der Waals surface area contributed by atoms with Crippen molar-refractivity contribution < 1.29 is 28.2 Å². The summed E-state index contributed by atoms with van der Waals surface area (Å²) in [5.74, 6) is 0.589. The van der Waals surface area contributed by atoms with Crippen molar-refractivity contribution >= 4 is 11.8 Å². The van der Waals surface area contributed by atoms with Gasteiger partial charge in [0, 0.05) is 13.2 Å². The minimum absolute atomic E-state index is 0.121. The fourth-order valence-electron chi connectivity index (χ4n) is 3.41. The maximum absolute atomic E-state index is 13.1. The molecule has 2 amide bonds. The van der Waals surface area contributed by atoms with E-state index in [0.717, 1.165) is 5.56 Å². The van der Waals surface area contributed by atoms with Gasteiger partial charge < -0.3 is 18.6 Å². The lowest BCUT2D eigenvalue weighted by Gasteiger charge is -2.36. The van der Waals surface area contributed by atoms with E-state index in [1.54, 1.807) is 6.07 Å². The van der Waals surface area contributed by atoms with Crippen LogP contribution >= 0.6 is 0 Å². The summed E-state index contributed by atoms with van der Waals surface area (Å²) in [7, 11) is 0. The third kappa shape index (κ3) is 3.35. The first-order valence-electron chi connectivity index (χ1n) is 8.81. The molecular formula is C19H20N2O6. The number of hydrazine groups is 1. The normalized spacial score (nSPS) is 17.8. The molecule has 0 radical (unpaired) electrons. The van der Waals surface area contributed by atoms with Crippen molar-refractivity contribution in [1.29, 1.82) is 0 Å². The van der Waals surface area contributed by atoms with E-state index in [-0.39, 0.29) is 11.7 Å². The van der Waals surface area contributed by atoms with Crippen molar-refractivity contribution in [3.63, 3.8) is 0 Å². The lowest BCUT2D eigenvalue weighted by atomic mass is 9.73. The summed E-state index contributed by atoms with van der Waals surface area (Å²) in [6.45, 7) is 1.88. The molecule has 0 unspecified atom stereocenters. The molecule has 0 atom stereocenters. The summed E-state index contributed by atoms with van der Waals surface area (Å²) >= 11 is 0. The van der Waals surface area contributed by atoms with Gasteiger partial charge >= 0.3 is 5.91 Å². The fourth-order valence-corrected chi connectivity index (χ4v) is 3.41. The topological polar surface area (TPSA) is 99.0 Å². The molecule has 0 bridgehead atoms. The number of ether oxygens (including phenoxy) is 3. The second kappa shape index (κ2) is 7.32. The van der Waals surface area contributed by atoms with Gasteiger partial charge in [-0.3, -0.25) is 20.4 Å². The van der Waals surface area contributed by atoms with Crippen LogP contribution in [0.4, 0.5) is 0 Å². The highest BCUT2D eigenvalue weighted by atomic mass is 16.6. The average molecular weight is 372 g/mol. The first kappa shape index (κ1) is 17.4. The van der Waals surface area contributed by atoms with Crippen molar-refractivity contribution in [3.8, 4) is 11.5 Å². The Morgan fingerprint density at radius 3 is 2.44 bits per heavy atom. The first-order chi connectivity index (χ1) is 13.2. The highest BCUT2D eigenvalue weighted by Gasteiger charge is 2.42. The molecule has 8 nitrogen and oxygen atoms in total. The van der Waals surface area contributed by atoms with E-state index in [2.05, 4.69) is 10.9 Å². The Morgan fingerprint density at radius 1 is 0.926 bits per heavy atom. The molecule has 142 valence electrons. The highest BCUT2D eigenvalue weighted by Crippen LogP contribution is 2.40. The Labute approximate surface area is 155 Å². The number of carbonyl (C=O) groups is 2. The molecule has 2 aliphatic rings. The van der Waals surface area contributed by atoms with Gasteiger partial charge in [0.15, 0.2) is 17.3 Å². The van der Waals surface area contributed by atoms with Crippen molar-refractivity contribution in [1.82, 2.24) is 10.9 Å². The zero-order valence-corrected chi connectivity index (χ0v) is 14.7. The lowest BCUT2D eigenvalue weighted by molar-refractivity contribution is -0.131. The number of amides is 2. The summed E-state index contributed by atoms with van der Waals surface area (Å²) in [5, 5.41) is 0. The first-order valence-corrected chi connectivity index (χ1v) is 8.81. The zero-order valence-electron chi connectivity index (χ0n) is 14.7. The molecule has 1 fully saturated rings. The van der Waals surface area contributed by atoms with E-state index in [1.165, 1.54) is 12.3 Å². The van der Waals surface area contributed by atoms with Gasteiger partial charge in [-0.25, -0.2) is 0 Å². The minimum atomic E-state index is -0.829. The van der Waals surface area contributed by atoms with E-state index in [0.29, 0.717) is 50.8 Å². The van der Waals surface area contributed by atoms with E-state index in [4.69, 9.17) is 18.6 Å². The number of hydrogen-bond donors (Lipinski definition) is 2. The number of fused-ring (bicyclic) bond motifs is 1. The summed E-state index contributed by atoms with van der Waals surface area (Å²) in [6.07, 6.45) is 2.39. The summed E-state index contributed by atoms with van der Waals surface area (Å²) < 4.78 is 21.7. The van der Waals surface area contributed by atoms with Crippen LogP contribution in [0.3, 0.4) is 0 Å². The standard InChI is InChI=1S/C19H20N2O6/c22-17(15-2-1-7-25-15)20-21-18(23)19(5-8-24-9-6-19)13-3-4-14-16(12-13)27-11-10-26-14/h1-4,7,12H,5-6,8-11H2,(H,20,22)(H,21,23). The van der Waals surface area contributed by atoms with Crippen LogP contribution < -0.4 is 20.3 Å². The van der Waals surface area contributed by atoms with E-state index >= 15 is 0 Å². The molecule has 4 rings (SSSR count). The quantitative estimate of drug-likeness (QED) is 0.794. The molecule has 1 aromatic carbocycles. The zero-order chi connectivity index (χ0) is 18.7. The molecule has 1 saturated heterocycles. The van der Waals surface area contributed by atoms with Crippen LogP contribution in [-0.4, -0.2) is 38.2 Å². The summed E-state index contributed by atoms with van der Waals surface area (Å²) in [6, 6.07) is 8.65. The smallest absolute Gasteiger partial charge is 0.305 e. The third-order valence-corrected chi connectivity index (χ3v) is 4.91. The maximum atomic E-state index is 13.1. The Balaban J connectivity index is 1.56. The van der Waals surface area contributed by atoms with Gasteiger partial charge in [-0.1, -0.05) is 6.07 Å². The predicted octanol–water partition coefficient (Wildman–Crippen LogP) is 1.56. The molecule has 0 aliphatic carbocycles. The second-order valence-corrected chi connectivity index (χ2v) is 6.44. The number of benzene rings is 1. The molecule has 3 heterocycles. The fraction of sp³-hybridized carbons (Fsp3) is 0.368. The summed E-state index contributed by atoms with van der Waals surface area (Å²) in [5.41, 5.74) is 4.92. The van der Waals surface area contributed by atoms with Gasteiger partial charge in [0.1, 0.15) is 13.2 Å². The van der Waals surface area contributed by atoms with Gasteiger partial charge in [0.2, 0.25) is 5.91 Å². The van der Waals surface area contributed by atoms with Crippen LogP contribution in [0.2, 0.25) is 0 Å². The van der Waals surface area contributed by atoms with Crippen LogP contribution in [0, 0.1) is 0 Å². The number of nitrogens with one attached hydrogen (secondary N) is 2. The molecule has 2 aromatic rings. The van der Waals surface area contributed by atoms with Gasteiger partial charge in [-0.15, -0.1) is 0 Å². The van der Waals surface area contributed by atoms with E-state index < -0.39 is 11.3 Å².